The van der Waals surface area contributed by atoms with Crippen LogP contribution in [0.5, 0.6) is 0 Å². The van der Waals surface area contributed by atoms with E-state index in [1.165, 1.54) is 22.0 Å². The predicted octanol–water partition coefficient (Wildman–Crippen LogP) is 4.34. The zero-order valence-corrected chi connectivity index (χ0v) is 12.3. The second-order valence-electron chi connectivity index (χ2n) is 4.86. The second-order valence-corrected chi connectivity index (χ2v) is 5.71. The van der Waals surface area contributed by atoms with Gasteiger partial charge in [-0.2, -0.15) is 0 Å². The normalized spacial score (nSPS) is 11.1. The van der Waals surface area contributed by atoms with Crippen LogP contribution in [0.1, 0.15) is 11.1 Å². The molecule has 0 spiro atoms. The van der Waals surface area contributed by atoms with Crippen LogP contribution >= 0.6 is 15.9 Å². The summed E-state index contributed by atoms with van der Waals surface area (Å²) < 4.78 is 3.31. The number of anilines is 1. The van der Waals surface area contributed by atoms with Crippen molar-refractivity contribution in [2.45, 2.75) is 13.5 Å². The zero-order chi connectivity index (χ0) is 13.4. The van der Waals surface area contributed by atoms with Crippen molar-refractivity contribution in [3.63, 3.8) is 0 Å². The third kappa shape index (κ3) is 2.38. The van der Waals surface area contributed by atoms with E-state index in [2.05, 4.69) is 63.9 Å². The van der Waals surface area contributed by atoms with E-state index in [0.29, 0.717) is 0 Å². The van der Waals surface area contributed by atoms with Gasteiger partial charge in [0, 0.05) is 28.4 Å². The van der Waals surface area contributed by atoms with Gasteiger partial charge < -0.3 is 10.3 Å². The van der Waals surface area contributed by atoms with E-state index in [1.807, 2.05) is 12.1 Å². The summed E-state index contributed by atoms with van der Waals surface area (Å²) in [4.78, 5) is 0. The molecule has 0 bridgehead atoms. The van der Waals surface area contributed by atoms with Gasteiger partial charge in [0.1, 0.15) is 0 Å². The predicted molar refractivity (Wildman–Crippen MR) is 84.3 cm³/mol. The maximum Gasteiger partial charge on any atom is 0.0487 e. The van der Waals surface area contributed by atoms with Crippen LogP contribution in [0.4, 0.5) is 5.69 Å². The minimum atomic E-state index is 0.781. The van der Waals surface area contributed by atoms with Gasteiger partial charge in [-0.25, -0.2) is 0 Å². The van der Waals surface area contributed by atoms with Gasteiger partial charge in [0.05, 0.1) is 0 Å². The standard InChI is InChI=1S/C16H15BrN2/c1-11-2-5-16-12(8-11)6-7-19(16)10-13-3-4-14(18)9-15(13)17/h2-9H,10,18H2,1H3. The Balaban J connectivity index is 2.01. The Morgan fingerprint density at radius 3 is 2.74 bits per heavy atom. The first-order valence-corrected chi connectivity index (χ1v) is 7.02. The van der Waals surface area contributed by atoms with Crippen LogP contribution in [0.2, 0.25) is 0 Å². The van der Waals surface area contributed by atoms with Gasteiger partial charge in [0.15, 0.2) is 0 Å². The summed E-state index contributed by atoms with van der Waals surface area (Å²) in [7, 11) is 0. The second kappa shape index (κ2) is 4.74. The molecule has 0 fully saturated rings. The molecule has 2 N–H and O–H groups in total. The number of nitrogen functional groups attached to an aromatic ring is 1. The molecule has 0 aliphatic heterocycles. The minimum absolute atomic E-state index is 0.781. The van der Waals surface area contributed by atoms with Crippen molar-refractivity contribution in [3.05, 3.63) is 64.3 Å². The third-order valence-corrected chi connectivity index (χ3v) is 4.08. The molecule has 0 radical (unpaired) electrons. The van der Waals surface area contributed by atoms with Gasteiger partial charge in [-0.1, -0.05) is 33.6 Å². The molecule has 0 amide bonds. The quantitative estimate of drug-likeness (QED) is 0.701. The Kier molecular flexibility index (Phi) is 3.07. The average Bonchev–Trinajstić information content (AvgIpc) is 2.75. The van der Waals surface area contributed by atoms with Crippen molar-refractivity contribution in [2.75, 3.05) is 5.73 Å². The molecule has 3 rings (SSSR count). The lowest BCUT2D eigenvalue weighted by Crippen LogP contribution is -1.99. The van der Waals surface area contributed by atoms with Crippen molar-refractivity contribution in [3.8, 4) is 0 Å². The summed E-state index contributed by atoms with van der Waals surface area (Å²) in [5.41, 5.74) is 10.3. The fourth-order valence-corrected chi connectivity index (χ4v) is 2.85. The lowest BCUT2D eigenvalue weighted by molar-refractivity contribution is 0.833. The Bertz CT molecular complexity index is 744. The molecule has 2 nitrogen and oxygen atoms in total. The van der Waals surface area contributed by atoms with Crippen LogP contribution in [0, 0.1) is 6.92 Å². The third-order valence-electron chi connectivity index (χ3n) is 3.34. The fourth-order valence-electron chi connectivity index (χ4n) is 2.33. The highest BCUT2D eigenvalue weighted by atomic mass is 79.9. The Labute approximate surface area is 121 Å². The van der Waals surface area contributed by atoms with Gasteiger partial charge in [0.25, 0.3) is 0 Å². The van der Waals surface area contributed by atoms with Crippen molar-refractivity contribution in [2.24, 2.45) is 0 Å². The summed E-state index contributed by atoms with van der Waals surface area (Å²) in [5.74, 6) is 0. The zero-order valence-electron chi connectivity index (χ0n) is 10.7. The van der Waals surface area contributed by atoms with Crippen molar-refractivity contribution in [1.29, 1.82) is 0 Å². The first kappa shape index (κ1) is 12.3. The maximum absolute atomic E-state index is 5.77. The number of halogens is 1. The molecule has 0 aliphatic rings. The number of hydrogen-bond donors (Lipinski definition) is 1. The van der Waals surface area contributed by atoms with Crippen LogP contribution in [0.3, 0.4) is 0 Å². The van der Waals surface area contributed by atoms with Gasteiger partial charge in [0.2, 0.25) is 0 Å². The molecule has 3 aromatic rings. The maximum atomic E-state index is 5.77. The highest BCUT2D eigenvalue weighted by Gasteiger charge is 2.05. The smallest absolute Gasteiger partial charge is 0.0487 e. The highest BCUT2D eigenvalue weighted by molar-refractivity contribution is 9.10. The molecule has 96 valence electrons. The number of nitrogens with two attached hydrogens (primary N) is 1. The van der Waals surface area contributed by atoms with Crippen LogP contribution in [-0.4, -0.2) is 4.57 Å². The van der Waals surface area contributed by atoms with E-state index in [9.17, 15) is 0 Å². The number of aryl methyl sites for hydroxylation is 1. The largest absolute Gasteiger partial charge is 0.399 e. The van der Waals surface area contributed by atoms with Gasteiger partial charge in [-0.05, 0) is 48.2 Å². The number of benzene rings is 2. The SMILES string of the molecule is Cc1ccc2c(ccn2Cc2ccc(N)cc2Br)c1. The summed E-state index contributed by atoms with van der Waals surface area (Å²) in [5, 5.41) is 1.28. The van der Waals surface area contributed by atoms with Crippen molar-refractivity contribution >= 4 is 32.5 Å². The first-order valence-electron chi connectivity index (χ1n) is 6.23. The number of nitrogens with zero attached hydrogens (tertiary/aromatic N) is 1. The molecule has 0 aliphatic carbocycles. The average molecular weight is 315 g/mol. The highest BCUT2D eigenvalue weighted by Crippen LogP contribution is 2.23. The molecule has 3 heteroatoms. The Morgan fingerprint density at radius 2 is 1.95 bits per heavy atom. The summed E-state index contributed by atoms with van der Waals surface area (Å²) in [6.45, 7) is 2.96. The van der Waals surface area contributed by atoms with Crippen LogP contribution in [-0.2, 0) is 6.54 Å². The molecular formula is C16H15BrN2. The molecule has 0 saturated carbocycles. The van der Waals surface area contributed by atoms with E-state index in [-0.39, 0.29) is 0 Å². The monoisotopic (exact) mass is 314 g/mol. The topological polar surface area (TPSA) is 30.9 Å². The number of hydrogen-bond acceptors (Lipinski definition) is 1. The van der Waals surface area contributed by atoms with Gasteiger partial charge in [-0.3, -0.25) is 0 Å². The molecule has 0 atom stereocenters. The molecule has 2 aromatic carbocycles. The lowest BCUT2D eigenvalue weighted by Gasteiger charge is -2.08. The first-order chi connectivity index (χ1) is 9.13. The van der Waals surface area contributed by atoms with Crippen LogP contribution in [0.15, 0.2) is 53.1 Å². The Hall–Kier alpha value is -1.74. The van der Waals surface area contributed by atoms with E-state index in [1.54, 1.807) is 0 Å². The summed E-state index contributed by atoms with van der Waals surface area (Å²) in [6.07, 6.45) is 2.13. The number of rotatable bonds is 2. The van der Waals surface area contributed by atoms with Crippen molar-refractivity contribution < 1.29 is 0 Å². The lowest BCUT2D eigenvalue weighted by atomic mass is 10.2. The Morgan fingerprint density at radius 1 is 1.11 bits per heavy atom. The number of aromatic nitrogens is 1. The fraction of sp³-hybridized carbons (Fsp3) is 0.125. The van der Waals surface area contributed by atoms with E-state index in [0.717, 1.165) is 16.7 Å². The molecule has 0 unspecified atom stereocenters. The van der Waals surface area contributed by atoms with Crippen LogP contribution in [0.25, 0.3) is 10.9 Å². The van der Waals surface area contributed by atoms with E-state index in [4.69, 9.17) is 5.73 Å². The van der Waals surface area contributed by atoms with Crippen LogP contribution < -0.4 is 5.73 Å². The molecular weight excluding hydrogens is 300 g/mol. The molecule has 0 saturated heterocycles. The molecule has 1 heterocycles. The summed E-state index contributed by atoms with van der Waals surface area (Å²) >= 11 is 3.58. The van der Waals surface area contributed by atoms with Crippen molar-refractivity contribution in [1.82, 2.24) is 4.57 Å². The number of fused-ring (bicyclic) bond motifs is 1. The minimum Gasteiger partial charge on any atom is -0.399 e. The van der Waals surface area contributed by atoms with Gasteiger partial charge >= 0.3 is 0 Å². The van der Waals surface area contributed by atoms with Gasteiger partial charge in [-0.15, -0.1) is 0 Å². The summed E-state index contributed by atoms with van der Waals surface area (Å²) in [6, 6.07) is 14.7. The van der Waals surface area contributed by atoms with E-state index >= 15 is 0 Å². The molecule has 1 aromatic heterocycles. The van der Waals surface area contributed by atoms with E-state index < -0.39 is 0 Å². The molecule has 19 heavy (non-hydrogen) atoms.